The van der Waals surface area contributed by atoms with E-state index in [1.807, 2.05) is 30.4 Å². The topological polar surface area (TPSA) is 67.7 Å². The molecule has 1 aromatic heterocycles. The molecule has 2 saturated heterocycles. The number of ether oxygens (including phenoxy) is 1. The molecule has 33 heavy (non-hydrogen) atoms. The molecule has 0 N–H and O–H groups in total. The Hall–Kier alpha value is -2.83. The number of aryl methyl sites for hydroxylation is 1. The maximum Gasteiger partial charge on any atom is 0.410 e. The van der Waals surface area contributed by atoms with Gasteiger partial charge in [0, 0.05) is 32.1 Å². The lowest BCUT2D eigenvalue weighted by molar-refractivity contribution is 0.0203. The van der Waals surface area contributed by atoms with Crippen molar-refractivity contribution in [1.29, 1.82) is 0 Å². The van der Waals surface area contributed by atoms with Crippen LogP contribution in [0.4, 0.5) is 4.79 Å². The van der Waals surface area contributed by atoms with Crippen LogP contribution in [0.25, 0.3) is 5.69 Å². The van der Waals surface area contributed by atoms with Crippen molar-refractivity contribution in [2.45, 2.75) is 71.3 Å². The zero-order valence-electron chi connectivity index (χ0n) is 20.3. The van der Waals surface area contributed by atoms with Gasteiger partial charge < -0.3 is 14.5 Å². The molecular weight excluding hydrogens is 416 g/mol. The Morgan fingerprint density at radius 2 is 1.58 bits per heavy atom. The fourth-order valence-electron chi connectivity index (χ4n) is 4.74. The highest BCUT2D eigenvalue weighted by Crippen LogP contribution is 2.33. The molecule has 2 fully saturated rings. The van der Waals surface area contributed by atoms with Crippen LogP contribution in [-0.2, 0) is 4.74 Å². The van der Waals surface area contributed by atoms with E-state index in [1.165, 1.54) is 12.0 Å². The first kappa shape index (κ1) is 23.3. The highest BCUT2D eigenvalue weighted by Gasteiger charge is 2.33. The van der Waals surface area contributed by atoms with Crippen LogP contribution in [0.1, 0.15) is 80.4 Å². The molecule has 0 spiro atoms. The standard InChI is InChI=1S/C26H36N4O3/c1-19-8-10-21(11-9-19)30-23(22(18-27-30)24(31)28-14-6-5-7-15-28)20-12-16-29(17-13-20)25(32)33-26(2,3)4/h8-11,18,20H,5-7,12-17H2,1-4H3. The predicted molar refractivity (Wildman–Crippen MR) is 128 cm³/mol. The highest BCUT2D eigenvalue weighted by molar-refractivity contribution is 5.95. The molecule has 3 heterocycles. The summed E-state index contributed by atoms with van der Waals surface area (Å²) < 4.78 is 7.49. The van der Waals surface area contributed by atoms with Gasteiger partial charge in [-0.15, -0.1) is 0 Å². The molecule has 0 aliphatic carbocycles. The predicted octanol–water partition coefficient (Wildman–Crippen LogP) is 4.92. The van der Waals surface area contributed by atoms with E-state index in [0.29, 0.717) is 18.7 Å². The molecule has 4 rings (SSSR count). The molecule has 1 aromatic carbocycles. The summed E-state index contributed by atoms with van der Waals surface area (Å²) >= 11 is 0. The summed E-state index contributed by atoms with van der Waals surface area (Å²) in [6.45, 7) is 10.6. The van der Waals surface area contributed by atoms with Crippen LogP contribution in [0.5, 0.6) is 0 Å². The third-order valence-corrected chi connectivity index (χ3v) is 6.49. The van der Waals surface area contributed by atoms with E-state index in [-0.39, 0.29) is 17.9 Å². The van der Waals surface area contributed by atoms with Gasteiger partial charge in [0.1, 0.15) is 5.60 Å². The summed E-state index contributed by atoms with van der Waals surface area (Å²) in [4.78, 5) is 29.8. The number of aromatic nitrogens is 2. The molecule has 2 aliphatic rings. The largest absolute Gasteiger partial charge is 0.444 e. The zero-order valence-corrected chi connectivity index (χ0v) is 20.3. The number of carbonyl (C=O) groups excluding carboxylic acids is 2. The molecule has 2 amide bonds. The molecule has 7 nitrogen and oxygen atoms in total. The van der Waals surface area contributed by atoms with E-state index in [0.717, 1.165) is 50.2 Å². The molecule has 2 aromatic rings. The summed E-state index contributed by atoms with van der Waals surface area (Å²) in [5, 5.41) is 4.67. The maximum atomic E-state index is 13.5. The van der Waals surface area contributed by atoms with Gasteiger partial charge in [0.2, 0.25) is 0 Å². The monoisotopic (exact) mass is 452 g/mol. The van der Waals surface area contributed by atoms with E-state index in [9.17, 15) is 9.59 Å². The summed E-state index contributed by atoms with van der Waals surface area (Å²) in [6.07, 6.45) is 6.32. The quantitative estimate of drug-likeness (QED) is 0.663. The van der Waals surface area contributed by atoms with Gasteiger partial charge in [0.05, 0.1) is 23.1 Å². The van der Waals surface area contributed by atoms with Crippen LogP contribution in [-0.4, -0.2) is 63.4 Å². The lowest BCUT2D eigenvalue weighted by atomic mass is 9.90. The minimum absolute atomic E-state index is 0.0811. The average molecular weight is 453 g/mol. The lowest BCUT2D eigenvalue weighted by Crippen LogP contribution is -2.42. The third-order valence-electron chi connectivity index (χ3n) is 6.49. The van der Waals surface area contributed by atoms with Crippen LogP contribution in [0.3, 0.4) is 0 Å². The van der Waals surface area contributed by atoms with Crippen molar-refractivity contribution < 1.29 is 14.3 Å². The van der Waals surface area contributed by atoms with Crippen molar-refractivity contribution in [2.24, 2.45) is 0 Å². The summed E-state index contributed by atoms with van der Waals surface area (Å²) in [7, 11) is 0. The lowest BCUT2D eigenvalue weighted by Gasteiger charge is -2.34. The number of likely N-dealkylation sites (tertiary alicyclic amines) is 2. The Kier molecular flexibility index (Phi) is 6.77. The first-order valence-electron chi connectivity index (χ1n) is 12.1. The molecule has 2 aliphatic heterocycles. The second-order valence-corrected chi connectivity index (χ2v) is 10.3. The van der Waals surface area contributed by atoms with Crippen molar-refractivity contribution in [3.8, 4) is 5.69 Å². The fourth-order valence-corrected chi connectivity index (χ4v) is 4.74. The SMILES string of the molecule is Cc1ccc(-n2ncc(C(=O)N3CCCCC3)c2C2CCN(C(=O)OC(C)(C)C)CC2)cc1. The highest BCUT2D eigenvalue weighted by atomic mass is 16.6. The molecule has 0 bridgehead atoms. The number of nitrogens with zero attached hydrogens (tertiary/aromatic N) is 4. The summed E-state index contributed by atoms with van der Waals surface area (Å²) in [5.41, 5.74) is 3.31. The van der Waals surface area contributed by atoms with Gasteiger partial charge in [-0.1, -0.05) is 17.7 Å². The van der Waals surface area contributed by atoms with Gasteiger partial charge in [-0.25, -0.2) is 9.48 Å². The second-order valence-electron chi connectivity index (χ2n) is 10.3. The van der Waals surface area contributed by atoms with Crippen LogP contribution in [0.15, 0.2) is 30.5 Å². The molecule has 0 atom stereocenters. The minimum atomic E-state index is -0.508. The number of benzene rings is 1. The van der Waals surface area contributed by atoms with Gasteiger partial charge >= 0.3 is 6.09 Å². The van der Waals surface area contributed by atoms with Crippen LogP contribution in [0.2, 0.25) is 0 Å². The van der Waals surface area contributed by atoms with Crippen LogP contribution in [0, 0.1) is 6.92 Å². The van der Waals surface area contributed by atoms with E-state index in [2.05, 4.69) is 36.3 Å². The Labute approximate surface area is 196 Å². The van der Waals surface area contributed by atoms with Gasteiger partial charge in [0.25, 0.3) is 5.91 Å². The van der Waals surface area contributed by atoms with Crippen molar-refractivity contribution in [2.75, 3.05) is 26.2 Å². The van der Waals surface area contributed by atoms with Gasteiger partial charge in [0.15, 0.2) is 0 Å². The van der Waals surface area contributed by atoms with Crippen molar-refractivity contribution >= 4 is 12.0 Å². The second kappa shape index (κ2) is 9.57. The number of carbonyl (C=O) groups is 2. The van der Waals surface area contributed by atoms with Gasteiger partial charge in [-0.05, 0) is 71.9 Å². The normalized spacial score (nSPS) is 17.8. The number of hydrogen-bond acceptors (Lipinski definition) is 4. The maximum absolute atomic E-state index is 13.5. The molecule has 0 unspecified atom stereocenters. The summed E-state index contributed by atoms with van der Waals surface area (Å²) in [6, 6.07) is 8.24. The first-order chi connectivity index (χ1) is 15.7. The van der Waals surface area contributed by atoms with Crippen LogP contribution < -0.4 is 0 Å². The number of amides is 2. The minimum Gasteiger partial charge on any atom is -0.444 e. The van der Waals surface area contributed by atoms with Gasteiger partial charge in [-0.3, -0.25) is 4.79 Å². The van der Waals surface area contributed by atoms with Gasteiger partial charge in [-0.2, -0.15) is 5.10 Å². The summed E-state index contributed by atoms with van der Waals surface area (Å²) in [5.74, 6) is 0.230. The number of piperidine rings is 2. The van der Waals surface area contributed by atoms with Crippen molar-refractivity contribution in [1.82, 2.24) is 19.6 Å². The number of rotatable bonds is 3. The fraction of sp³-hybridized carbons (Fsp3) is 0.577. The number of hydrogen-bond donors (Lipinski definition) is 0. The van der Waals surface area contributed by atoms with Crippen LogP contribution >= 0.6 is 0 Å². The average Bonchev–Trinajstić information content (AvgIpc) is 3.23. The molecule has 7 heteroatoms. The Morgan fingerprint density at radius 3 is 2.18 bits per heavy atom. The molecule has 178 valence electrons. The molecular formula is C26H36N4O3. The Morgan fingerprint density at radius 1 is 0.939 bits per heavy atom. The van der Waals surface area contributed by atoms with Crippen molar-refractivity contribution in [3.05, 3.63) is 47.3 Å². The first-order valence-corrected chi connectivity index (χ1v) is 12.1. The van der Waals surface area contributed by atoms with E-state index in [1.54, 1.807) is 11.1 Å². The smallest absolute Gasteiger partial charge is 0.410 e. The zero-order chi connectivity index (χ0) is 23.6. The Balaban J connectivity index is 1.60. The van der Waals surface area contributed by atoms with E-state index >= 15 is 0 Å². The third kappa shape index (κ3) is 5.40. The van der Waals surface area contributed by atoms with E-state index in [4.69, 9.17) is 4.74 Å². The Bertz CT molecular complexity index is 976. The van der Waals surface area contributed by atoms with E-state index < -0.39 is 5.60 Å². The van der Waals surface area contributed by atoms with Crippen molar-refractivity contribution in [3.63, 3.8) is 0 Å². The molecule has 0 radical (unpaired) electrons. The molecule has 0 saturated carbocycles.